The Kier molecular flexibility index (Phi) is 6.07. The van der Waals surface area contributed by atoms with Gasteiger partial charge >= 0.3 is 0 Å². The van der Waals surface area contributed by atoms with E-state index in [0.717, 1.165) is 31.6 Å². The number of piperidine rings is 1. The number of nitriles is 1. The van der Waals surface area contributed by atoms with E-state index in [9.17, 15) is 14.9 Å². The first kappa shape index (κ1) is 23.1. The summed E-state index contributed by atoms with van der Waals surface area (Å²) < 4.78 is 8.53. The fraction of sp³-hybridized carbons (Fsp3) is 0.462. The van der Waals surface area contributed by atoms with Crippen molar-refractivity contribution in [3.63, 3.8) is 0 Å². The number of benzene rings is 1. The van der Waals surface area contributed by atoms with Crippen LogP contribution in [0.3, 0.4) is 0 Å². The summed E-state index contributed by atoms with van der Waals surface area (Å²) in [5.41, 5.74) is 7.59. The number of nitrogens with two attached hydrogens (primary N) is 1. The lowest BCUT2D eigenvalue weighted by Gasteiger charge is -2.33. The highest BCUT2D eigenvalue weighted by molar-refractivity contribution is 5.96. The number of ketones is 1. The van der Waals surface area contributed by atoms with Gasteiger partial charge in [-0.1, -0.05) is 19.1 Å². The lowest BCUT2D eigenvalue weighted by atomic mass is 10.1. The van der Waals surface area contributed by atoms with Crippen molar-refractivity contribution >= 4 is 22.6 Å². The molecule has 0 amide bonds. The monoisotopic (exact) mass is 474 g/mol. The van der Waals surface area contributed by atoms with E-state index in [0.29, 0.717) is 52.8 Å². The van der Waals surface area contributed by atoms with Gasteiger partial charge in [0.1, 0.15) is 34.2 Å². The number of rotatable bonds is 7. The second kappa shape index (κ2) is 9.19. The predicted octanol–water partition coefficient (Wildman–Crippen LogP) is 2.54. The topological polar surface area (TPSA) is 119 Å². The maximum absolute atomic E-state index is 13.7. The molecule has 182 valence electrons. The van der Waals surface area contributed by atoms with E-state index in [1.807, 2.05) is 4.57 Å². The van der Waals surface area contributed by atoms with Crippen molar-refractivity contribution in [2.24, 2.45) is 17.6 Å². The van der Waals surface area contributed by atoms with E-state index in [1.165, 1.54) is 10.9 Å². The van der Waals surface area contributed by atoms with Crippen molar-refractivity contribution in [1.29, 1.82) is 5.26 Å². The summed E-state index contributed by atoms with van der Waals surface area (Å²) in [6, 6.07) is 9.19. The van der Waals surface area contributed by atoms with E-state index in [2.05, 4.69) is 22.9 Å². The Morgan fingerprint density at radius 1 is 1.37 bits per heavy atom. The molecular weight excluding hydrogens is 444 g/mol. The van der Waals surface area contributed by atoms with Gasteiger partial charge in [0, 0.05) is 31.2 Å². The maximum atomic E-state index is 13.7. The highest BCUT2D eigenvalue weighted by Gasteiger charge is 2.36. The Morgan fingerprint density at radius 3 is 2.86 bits per heavy atom. The summed E-state index contributed by atoms with van der Waals surface area (Å²) in [6.07, 6.45) is 4.33. The summed E-state index contributed by atoms with van der Waals surface area (Å²) in [5.74, 6) is 2.11. The number of aromatic nitrogens is 3. The number of hydrogen-bond donors (Lipinski definition) is 1. The van der Waals surface area contributed by atoms with Crippen molar-refractivity contribution in [3.05, 3.63) is 52.1 Å². The van der Waals surface area contributed by atoms with Gasteiger partial charge in [-0.2, -0.15) is 5.26 Å². The summed E-state index contributed by atoms with van der Waals surface area (Å²) in [7, 11) is 1.54. The zero-order chi connectivity index (χ0) is 24.7. The molecule has 1 aliphatic heterocycles. The number of hydrogen-bond acceptors (Lipinski definition) is 7. The molecule has 3 atom stereocenters. The first-order chi connectivity index (χ1) is 16.9. The molecule has 1 aromatic carbocycles. The molecule has 1 saturated heterocycles. The van der Waals surface area contributed by atoms with Crippen molar-refractivity contribution < 1.29 is 9.53 Å². The van der Waals surface area contributed by atoms with Gasteiger partial charge in [0.2, 0.25) is 0 Å². The van der Waals surface area contributed by atoms with Crippen LogP contribution in [-0.4, -0.2) is 46.1 Å². The normalized spacial score (nSPS) is 21.7. The maximum Gasteiger partial charge on any atom is 0.278 e. The molecule has 1 aliphatic carbocycles. The molecule has 35 heavy (non-hydrogen) atoms. The summed E-state index contributed by atoms with van der Waals surface area (Å²) >= 11 is 0. The third-order valence-corrected chi connectivity index (χ3v) is 7.27. The Labute approximate surface area is 203 Å². The Balaban J connectivity index is 1.60. The molecule has 3 heterocycles. The fourth-order valence-electron chi connectivity index (χ4n) is 5.11. The molecule has 0 bridgehead atoms. The molecule has 2 N–H and O–H groups in total. The van der Waals surface area contributed by atoms with Crippen LogP contribution < -0.4 is 20.9 Å². The van der Waals surface area contributed by atoms with E-state index < -0.39 is 0 Å². The quantitative estimate of drug-likeness (QED) is 0.523. The number of carbonyl (C=O) groups excluding carboxylic acids is 1. The molecule has 5 rings (SSSR count). The van der Waals surface area contributed by atoms with Crippen LogP contribution in [0.5, 0.6) is 5.75 Å². The number of nitrogens with zero attached hydrogens (tertiary/aromatic N) is 5. The molecule has 2 unspecified atom stereocenters. The fourth-order valence-corrected chi connectivity index (χ4v) is 5.11. The van der Waals surface area contributed by atoms with Crippen LogP contribution >= 0.6 is 0 Å². The Hall–Kier alpha value is -3.64. The Bertz CT molecular complexity index is 1380. The largest absolute Gasteiger partial charge is 0.497 e. The Morgan fingerprint density at radius 2 is 2.17 bits per heavy atom. The lowest BCUT2D eigenvalue weighted by Crippen LogP contribution is -2.44. The molecule has 1 saturated carbocycles. The number of anilines is 1. The van der Waals surface area contributed by atoms with Crippen LogP contribution in [0.4, 0.5) is 5.82 Å². The van der Waals surface area contributed by atoms with Crippen LogP contribution in [0.2, 0.25) is 0 Å². The minimum Gasteiger partial charge on any atom is -0.497 e. The second-order valence-corrected chi connectivity index (χ2v) is 9.77. The average Bonchev–Trinajstić information content (AvgIpc) is 3.46. The highest BCUT2D eigenvalue weighted by Crippen LogP contribution is 2.42. The third kappa shape index (κ3) is 4.30. The number of ether oxygens (including phenoxy) is 1. The first-order valence-corrected chi connectivity index (χ1v) is 12.1. The van der Waals surface area contributed by atoms with Crippen molar-refractivity contribution in [1.82, 2.24) is 14.1 Å². The molecule has 3 aromatic rings. The zero-order valence-corrected chi connectivity index (χ0v) is 20.1. The minimum atomic E-state index is -0.316. The summed E-state index contributed by atoms with van der Waals surface area (Å²) in [6.45, 7) is 4.10. The predicted molar refractivity (Wildman–Crippen MR) is 133 cm³/mol. The van der Waals surface area contributed by atoms with Gasteiger partial charge in [-0.05, 0) is 43.2 Å². The SMILES string of the molecule is COc1cccc(C(=O)Cn2cnc3c(C#N)c(N4CCCC(N)C4)n(CC4C[C@@H]4C)c3c2=O)c1. The van der Waals surface area contributed by atoms with E-state index in [1.54, 1.807) is 31.4 Å². The molecule has 0 spiro atoms. The minimum absolute atomic E-state index is 0.0201. The number of Topliss-reactive ketones (excluding diaryl/α,β-unsaturated/α-hetero) is 1. The van der Waals surface area contributed by atoms with Gasteiger partial charge in [0.25, 0.3) is 5.56 Å². The average molecular weight is 475 g/mol. The molecular formula is C26H30N6O3. The van der Waals surface area contributed by atoms with Crippen LogP contribution in [0.25, 0.3) is 11.0 Å². The first-order valence-electron chi connectivity index (χ1n) is 12.1. The number of carbonyl (C=O) groups is 1. The van der Waals surface area contributed by atoms with E-state index >= 15 is 0 Å². The van der Waals surface area contributed by atoms with E-state index in [-0.39, 0.29) is 23.9 Å². The summed E-state index contributed by atoms with van der Waals surface area (Å²) in [5, 5.41) is 10.1. The van der Waals surface area contributed by atoms with Gasteiger partial charge in [-0.25, -0.2) is 4.98 Å². The van der Waals surface area contributed by atoms with Crippen LogP contribution in [0.15, 0.2) is 35.4 Å². The lowest BCUT2D eigenvalue weighted by molar-refractivity contribution is 0.0970. The molecule has 2 aliphatic rings. The van der Waals surface area contributed by atoms with Crippen molar-refractivity contribution in [3.8, 4) is 11.8 Å². The number of fused-ring (bicyclic) bond motifs is 1. The molecule has 2 aromatic heterocycles. The van der Waals surface area contributed by atoms with Gasteiger partial charge in [0.05, 0.1) is 20.0 Å². The van der Waals surface area contributed by atoms with Gasteiger partial charge in [-0.3, -0.25) is 14.2 Å². The standard InChI is InChI=1S/C26H30N6O3/c1-16-9-18(16)12-32-24-23(21(11-27)25(32)30-8-4-6-19(28)13-30)29-15-31(26(24)34)14-22(33)17-5-3-7-20(10-17)35-2/h3,5,7,10,15-16,18-19H,4,6,8-9,12-14,28H2,1-2H3/t16-,18?,19?/m0/s1. The number of methoxy groups -OCH3 is 1. The smallest absolute Gasteiger partial charge is 0.278 e. The van der Waals surface area contributed by atoms with Gasteiger partial charge < -0.3 is 19.9 Å². The molecule has 9 nitrogen and oxygen atoms in total. The van der Waals surface area contributed by atoms with Crippen molar-refractivity contribution in [2.75, 3.05) is 25.1 Å². The van der Waals surface area contributed by atoms with Crippen LogP contribution in [0.1, 0.15) is 42.1 Å². The second-order valence-electron chi connectivity index (χ2n) is 9.77. The zero-order valence-electron chi connectivity index (χ0n) is 20.1. The summed E-state index contributed by atoms with van der Waals surface area (Å²) in [4.78, 5) is 33.3. The van der Waals surface area contributed by atoms with Crippen LogP contribution in [-0.2, 0) is 13.1 Å². The highest BCUT2D eigenvalue weighted by atomic mass is 16.5. The molecule has 9 heteroatoms. The van der Waals surface area contributed by atoms with Crippen molar-refractivity contribution in [2.45, 2.75) is 45.3 Å². The molecule has 0 radical (unpaired) electrons. The van der Waals surface area contributed by atoms with Gasteiger partial charge in [0.15, 0.2) is 5.78 Å². The van der Waals surface area contributed by atoms with Crippen LogP contribution in [0, 0.1) is 23.2 Å². The van der Waals surface area contributed by atoms with E-state index in [4.69, 9.17) is 10.5 Å². The molecule has 2 fully saturated rings. The third-order valence-electron chi connectivity index (χ3n) is 7.27. The van der Waals surface area contributed by atoms with Gasteiger partial charge in [-0.15, -0.1) is 0 Å².